The maximum absolute atomic E-state index is 13.4. The van der Waals surface area contributed by atoms with E-state index in [0.29, 0.717) is 23.0 Å². The summed E-state index contributed by atoms with van der Waals surface area (Å²) in [5, 5.41) is 12.0. The van der Waals surface area contributed by atoms with Crippen LogP contribution in [-0.2, 0) is 14.3 Å². The van der Waals surface area contributed by atoms with E-state index >= 15 is 0 Å². The van der Waals surface area contributed by atoms with Crippen LogP contribution in [0.5, 0.6) is 0 Å². The number of hydrogen-bond acceptors (Lipinski definition) is 3. The molecule has 1 amide bonds. The maximum atomic E-state index is 13.4. The zero-order valence-electron chi connectivity index (χ0n) is 13.6. The van der Waals surface area contributed by atoms with E-state index in [1.165, 1.54) is 18.2 Å². The standard InChI is InChI=1S/C18H22FNO4/c1-10-8-12(2-3-15(10)19)16(18(22)23)20-17(21)14-9-13(14)11-4-6-24-7-5-11/h2-3,8,11,13-14,16H,4-7,9H2,1H3,(H,20,21)(H,22,23)/t13-,14+,16?/m0/s1. The molecule has 2 fully saturated rings. The first-order chi connectivity index (χ1) is 11.5. The smallest absolute Gasteiger partial charge is 0.330 e. The van der Waals surface area contributed by atoms with Gasteiger partial charge in [-0.1, -0.05) is 12.1 Å². The second-order valence-electron chi connectivity index (χ2n) is 6.74. The van der Waals surface area contributed by atoms with Crippen LogP contribution in [0, 0.1) is 30.5 Å². The van der Waals surface area contributed by atoms with E-state index in [4.69, 9.17) is 4.74 Å². The molecule has 1 unspecified atom stereocenters. The molecule has 2 aliphatic rings. The van der Waals surface area contributed by atoms with Crippen LogP contribution in [0.4, 0.5) is 4.39 Å². The fourth-order valence-corrected chi connectivity index (χ4v) is 3.57. The molecule has 1 saturated heterocycles. The van der Waals surface area contributed by atoms with Crippen LogP contribution < -0.4 is 5.32 Å². The average molecular weight is 335 g/mol. The molecule has 2 N–H and O–H groups in total. The lowest BCUT2D eigenvalue weighted by molar-refractivity contribution is -0.142. The van der Waals surface area contributed by atoms with Gasteiger partial charge in [-0.25, -0.2) is 9.18 Å². The summed E-state index contributed by atoms with van der Waals surface area (Å²) in [6.07, 6.45) is 2.74. The molecule has 1 aliphatic carbocycles. The molecule has 1 heterocycles. The minimum absolute atomic E-state index is 0.114. The summed E-state index contributed by atoms with van der Waals surface area (Å²) in [6.45, 7) is 3.05. The van der Waals surface area contributed by atoms with Crippen LogP contribution in [0.3, 0.4) is 0 Å². The average Bonchev–Trinajstić information content (AvgIpc) is 3.36. The number of halogens is 1. The lowest BCUT2D eigenvalue weighted by atomic mass is 9.93. The van der Waals surface area contributed by atoms with Crippen LogP contribution in [0.2, 0.25) is 0 Å². The summed E-state index contributed by atoms with van der Waals surface area (Å²) in [5.74, 6) is -1.05. The van der Waals surface area contributed by atoms with Gasteiger partial charge in [0.2, 0.25) is 5.91 Å². The number of benzene rings is 1. The van der Waals surface area contributed by atoms with Crippen LogP contribution in [0.1, 0.15) is 36.4 Å². The van der Waals surface area contributed by atoms with Crippen molar-refractivity contribution in [1.29, 1.82) is 0 Å². The molecule has 130 valence electrons. The molecule has 3 rings (SSSR count). The number of carboxylic acid groups (broad SMARTS) is 1. The van der Waals surface area contributed by atoms with Gasteiger partial charge in [0, 0.05) is 19.1 Å². The fraction of sp³-hybridized carbons (Fsp3) is 0.556. The molecule has 0 bridgehead atoms. The summed E-state index contributed by atoms with van der Waals surface area (Å²) in [5.41, 5.74) is 0.748. The first kappa shape index (κ1) is 16.9. The number of carbonyl (C=O) groups is 2. The number of rotatable bonds is 5. The molecule has 24 heavy (non-hydrogen) atoms. The van der Waals surface area contributed by atoms with Gasteiger partial charge in [0.25, 0.3) is 0 Å². The molecule has 1 aromatic rings. The Morgan fingerprint density at radius 3 is 2.67 bits per heavy atom. The summed E-state index contributed by atoms with van der Waals surface area (Å²) in [4.78, 5) is 24.0. The molecule has 1 saturated carbocycles. The quantitative estimate of drug-likeness (QED) is 0.867. The maximum Gasteiger partial charge on any atom is 0.330 e. The number of hydrogen-bond donors (Lipinski definition) is 2. The lowest BCUT2D eigenvalue weighted by Gasteiger charge is -2.22. The van der Waals surface area contributed by atoms with Gasteiger partial charge in [-0.15, -0.1) is 0 Å². The highest BCUT2D eigenvalue weighted by Gasteiger charge is 2.48. The van der Waals surface area contributed by atoms with E-state index in [1.807, 2.05) is 0 Å². The van der Waals surface area contributed by atoms with Crippen LogP contribution in [-0.4, -0.2) is 30.2 Å². The molecule has 0 radical (unpaired) electrons. The number of carboxylic acids is 1. The minimum Gasteiger partial charge on any atom is -0.479 e. The van der Waals surface area contributed by atoms with Gasteiger partial charge < -0.3 is 15.2 Å². The third-order valence-electron chi connectivity index (χ3n) is 5.10. The number of carbonyl (C=O) groups excluding carboxylic acids is 1. The summed E-state index contributed by atoms with van der Waals surface area (Å²) in [6, 6.07) is 2.96. The van der Waals surface area contributed by atoms with Crippen LogP contribution >= 0.6 is 0 Å². The molecule has 0 spiro atoms. The van der Waals surface area contributed by atoms with E-state index in [0.717, 1.165) is 32.5 Å². The van der Waals surface area contributed by atoms with E-state index in [2.05, 4.69) is 5.32 Å². The van der Waals surface area contributed by atoms with Gasteiger partial charge in [0.05, 0.1) is 0 Å². The summed E-state index contributed by atoms with van der Waals surface area (Å²) >= 11 is 0. The molecule has 6 heteroatoms. The number of nitrogens with one attached hydrogen (secondary N) is 1. The SMILES string of the molecule is Cc1cc(C(NC(=O)[C@@H]2C[C@H]2C2CCOCC2)C(=O)O)ccc1F. The van der Waals surface area contributed by atoms with Crippen molar-refractivity contribution in [2.75, 3.05) is 13.2 Å². The third-order valence-corrected chi connectivity index (χ3v) is 5.10. The van der Waals surface area contributed by atoms with Crippen molar-refractivity contribution in [3.63, 3.8) is 0 Å². The minimum atomic E-state index is -1.15. The largest absolute Gasteiger partial charge is 0.479 e. The van der Waals surface area contributed by atoms with Gasteiger partial charge >= 0.3 is 5.97 Å². The van der Waals surface area contributed by atoms with Crippen molar-refractivity contribution in [1.82, 2.24) is 5.32 Å². The second-order valence-corrected chi connectivity index (χ2v) is 6.74. The Kier molecular flexibility index (Phi) is 4.85. The van der Waals surface area contributed by atoms with Gasteiger partial charge in [-0.05, 0) is 55.2 Å². The van der Waals surface area contributed by atoms with Crippen molar-refractivity contribution in [3.8, 4) is 0 Å². The van der Waals surface area contributed by atoms with E-state index in [1.54, 1.807) is 6.92 Å². The zero-order valence-corrected chi connectivity index (χ0v) is 13.6. The topological polar surface area (TPSA) is 75.6 Å². The predicted octanol–water partition coefficient (Wildman–Crippen LogP) is 2.44. The van der Waals surface area contributed by atoms with Crippen LogP contribution in [0.15, 0.2) is 18.2 Å². The Hall–Kier alpha value is -1.95. The van der Waals surface area contributed by atoms with Crippen molar-refractivity contribution in [2.24, 2.45) is 17.8 Å². The Morgan fingerprint density at radius 2 is 2.04 bits per heavy atom. The van der Waals surface area contributed by atoms with E-state index in [-0.39, 0.29) is 11.8 Å². The highest BCUT2D eigenvalue weighted by molar-refractivity contribution is 5.87. The van der Waals surface area contributed by atoms with Gasteiger partial charge in [-0.3, -0.25) is 4.79 Å². The number of ether oxygens (including phenoxy) is 1. The second kappa shape index (κ2) is 6.89. The number of amides is 1. The molecule has 1 aromatic carbocycles. The summed E-state index contributed by atoms with van der Waals surface area (Å²) in [7, 11) is 0. The first-order valence-electron chi connectivity index (χ1n) is 8.34. The predicted molar refractivity (Wildman–Crippen MR) is 84.8 cm³/mol. The molecule has 1 aliphatic heterocycles. The molecular weight excluding hydrogens is 313 g/mol. The van der Waals surface area contributed by atoms with Crippen molar-refractivity contribution < 1.29 is 23.8 Å². The zero-order chi connectivity index (χ0) is 17.3. The fourth-order valence-electron chi connectivity index (χ4n) is 3.57. The monoisotopic (exact) mass is 335 g/mol. The summed E-state index contributed by atoms with van der Waals surface area (Å²) < 4.78 is 18.7. The van der Waals surface area contributed by atoms with Crippen molar-refractivity contribution >= 4 is 11.9 Å². The van der Waals surface area contributed by atoms with Gasteiger partial charge in [0.1, 0.15) is 5.82 Å². The van der Waals surface area contributed by atoms with Gasteiger partial charge in [0.15, 0.2) is 6.04 Å². The Morgan fingerprint density at radius 1 is 1.33 bits per heavy atom. The number of aliphatic carboxylic acids is 1. The Bertz CT molecular complexity index is 642. The molecule has 0 aromatic heterocycles. The third kappa shape index (κ3) is 3.59. The number of aryl methyl sites for hydroxylation is 1. The van der Waals surface area contributed by atoms with Crippen molar-refractivity contribution in [3.05, 3.63) is 35.1 Å². The van der Waals surface area contributed by atoms with Crippen molar-refractivity contribution in [2.45, 2.75) is 32.2 Å². The Balaban J connectivity index is 1.64. The lowest BCUT2D eigenvalue weighted by Crippen LogP contribution is -2.35. The molecule has 3 atom stereocenters. The normalized spacial score (nSPS) is 25.1. The Labute approximate surface area is 140 Å². The first-order valence-corrected chi connectivity index (χ1v) is 8.34. The van der Waals surface area contributed by atoms with E-state index < -0.39 is 17.8 Å². The van der Waals surface area contributed by atoms with Crippen LogP contribution in [0.25, 0.3) is 0 Å². The van der Waals surface area contributed by atoms with Gasteiger partial charge in [-0.2, -0.15) is 0 Å². The van der Waals surface area contributed by atoms with E-state index in [9.17, 15) is 19.1 Å². The highest BCUT2D eigenvalue weighted by Crippen LogP contribution is 2.48. The molecule has 5 nitrogen and oxygen atoms in total. The highest BCUT2D eigenvalue weighted by atomic mass is 19.1. The molecular formula is C18H22FNO4.